The van der Waals surface area contributed by atoms with Crippen LogP contribution in [0.3, 0.4) is 0 Å². The van der Waals surface area contributed by atoms with Gasteiger partial charge >= 0.3 is 0 Å². The van der Waals surface area contributed by atoms with Crippen molar-refractivity contribution >= 4 is 0 Å². The molecule has 0 N–H and O–H groups in total. The summed E-state index contributed by atoms with van der Waals surface area (Å²) in [5.74, 6) is 2.46. The second-order valence-electron chi connectivity index (χ2n) is 4.35. The van der Waals surface area contributed by atoms with Crippen molar-refractivity contribution < 1.29 is 0 Å². The lowest BCUT2D eigenvalue weighted by Crippen LogP contribution is -2.20. The molecule has 0 aromatic carbocycles. The van der Waals surface area contributed by atoms with E-state index in [9.17, 15) is 0 Å². The van der Waals surface area contributed by atoms with E-state index in [4.69, 9.17) is 0 Å². The van der Waals surface area contributed by atoms with Crippen LogP contribution in [0.1, 0.15) is 59.8 Å². The highest BCUT2D eigenvalue weighted by Crippen LogP contribution is 2.32. The molecule has 0 bridgehead atoms. The lowest BCUT2D eigenvalue weighted by molar-refractivity contribution is 0.245. The van der Waals surface area contributed by atoms with Crippen LogP contribution in [0.2, 0.25) is 0 Å². The third-order valence-corrected chi connectivity index (χ3v) is 3.59. The fourth-order valence-electron chi connectivity index (χ4n) is 2.64. The fraction of sp³-hybridized carbons (Fsp3) is 0.857. The molecule has 0 saturated carbocycles. The molecule has 0 aromatic rings. The van der Waals surface area contributed by atoms with Crippen LogP contribution in [0.4, 0.5) is 0 Å². The monoisotopic (exact) mass is 196 g/mol. The quantitative estimate of drug-likeness (QED) is 0.476. The third-order valence-electron chi connectivity index (χ3n) is 3.59. The predicted octanol–water partition coefficient (Wildman–Crippen LogP) is 5.05. The summed E-state index contributed by atoms with van der Waals surface area (Å²) >= 11 is 0. The second-order valence-corrected chi connectivity index (χ2v) is 4.35. The minimum absolute atomic E-state index is 0.745. The first-order valence-electron chi connectivity index (χ1n) is 6.37. The maximum Gasteiger partial charge on any atom is -0.0180 e. The molecule has 2 atom stereocenters. The summed E-state index contributed by atoms with van der Waals surface area (Å²) in [5, 5.41) is 0. The maximum absolute atomic E-state index is 4.03. The highest BCUT2D eigenvalue weighted by molar-refractivity contribution is 4.88. The van der Waals surface area contributed by atoms with E-state index in [0.717, 1.165) is 17.8 Å². The van der Waals surface area contributed by atoms with E-state index in [1.807, 2.05) is 0 Å². The zero-order valence-electron chi connectivity index (χ0n) is 10.6. The summed E-state index contributed by atoms with van der Waals surface area (Å²) in [6, 6.07) is 0. The topological polar surface area (TPSA) is 0 Å². The van der Waals surface area contributed by atoms with E-state index >= 15 is 0 Å². The van der Waals surface area contributed by atoms with E-state index in [1.54, 1.807) is 0 Å². The van der Waals surface area contributed by atoms with Gasteiger partial charge in [-0.15, -0.1) is 6.58 Å². The predicted molar refractivity (Wildman–Crippen MR) is 66.4 cm³/mol. The number of rotatable bonds is 8. The summed E-state index contributed by atoms with van der Waals surface area (Å²) in [6.07, 6.45) is 8.79. The summed E-state index contributed by atoms with van der Waals surface area (Å²) in [4.78, 5) is 0. The molecule has 14 heavy (non-hydrogen) atoms. The molecule has 0 saturated heterocycles. The van der Waals surface area contributed by atoms with Crippen molar-refractivity contribution in [3.05, 3.63) is 12.7 Å². The van der Waals surface area contributed by atoms with Crippen LogP contribution in [0.15, 0.2) is 12.7 Å². The van der Waals surface area contributed by atoms with Crippen LogP contribution in [-0.2, 0) is 0 Å². The normalized spacial score (nSPS) is 15.5. The largest absolute Gasteiger partial charge is 0.103 e. The SMILES string of the molecule is C=CC(C(CC)CC)C(CC)CCC. The van der Waals surface area contributed by atoms with Crippen LogP contribution in [0, 0.1) is 17.8 Å². The smallest absolute Gasteiger partial charge is 0.0180 e. The lowest BCUT2D eigenvalue weighted by atomic mass is 9.76. The van der Waals surface area contributed by atoms with Crippen molar-refractivity contribution in [2.24, 2.45) is 17.8 Å². The molecule has 0 heteroatoms. The van der Waals surface area contributed by atoms with E-state index in [2.05, 4.69) is 40.3 Å². The second kappa shape index (κ2) is 8.08. The van der Waals surface area contributed by atoms with Crippen LogP contribution < -0.4 is 0 Å². The first kappa shape index (κ1) is 13.7. The molecule has 0 aromatic heterocycles. The van der Waals surface area contributed by atoms with Crippen molar-refractivity contribution in [2.45, 2.75) is 59.8 Å². The highest BCUT2D eigenvalue weighted by Gasteiger charge is 2.22. The van der Waals surface area contributed by atoms with Gasteiger partial charge in [0.25, 0.3) is 0 Å². The van der Waals surface area contributed by atoms with Gasteiger partial charge in [-0.3, -0.25) is 0 Å². The summed E-state index contributed by atoms with van der Waals surface area (Å²) in [7, 11) is 0. The van der Waals surface area contributed by atoms with E-state index in [1.165, 1.54) is 32.1 Å². The van der Waals surface area contributed by atoms with Gasteiger partial charge in [0, 0.05) is 0 Å². The number of hydrogen-bond donors (Lipinski definition) is 0. The van der Waals surface area contributed by atoms with Gasteiger partial charge in [-0.2, -0.15) is 0 Å². The van der Waals surface area contributed by atoms with Crippen molar-refractivity contribution in [1.29, 1.82) is 0 Å². The van der Waals surface area contributed by atoms with Gasteiger partial charge in [0.1, 0.15) is 0 Å². The molecule has 84 valence electrons. The first-order valence-corrected chi connectivity index (χ1v) is 6.37. The van der Waals surface area contributed by atoms with Gasteiger partial charge in [0.15, 0.2) is 0 Å². The van der Waals surface area contributed by atoms with Gasteiger partial charge in [0.2, 0.25) is 0 Å². The van der Waals surface area contributed by atoms with Crippen molar-refractivity contribution in [3.8, 4) is 0 Å². The molecule has 2 unspecified atom stereocenters. The van der Waals surface area contributed by atoms with Crippen LogP contribution >= 0.6 is 0 Å². The molecule has 0 rings (SSSR count). The molecule has 0 heterocycles. The Morgan fingerprint density at radius 1 is 0.929 bits per heavy atom. The van der Waals surface area contributed by atoms with Gasteiger partial charge in [-0.1, -0.05) is 65.9 Å². The Kier molecular flexibility index (Phi) is 7.93. The molecule has 0 aliphatic rings. The molecular weight excluding hydrogens is 168 g/mol. The lowest BCUT2D eigenvalue weighted by Gasteiger charge is -2.29. The zero-order valence-corrected chi connectivity index (χ0v) is 10.6. The Morgan fingerprint density at radius 2 is 1.43 bits per heavy atom. The third kappa shape index (κ3) is 3.86. The standard InChI is InChI=1S/C14H28/c1-6-11-13(9-4)14(10-5)12(7-2)8-3/h10,12-14H,5-9,11H2,1-4H3. The Labute approximate surface area is 90.8 Å². The van der Waals surface area contributed by atoms with Crippen molar-refractivity contribution in [2.75, 3.05) is 0 Å². The summed E-state index contributed by atoms with van der Waals surface area (Å²) in [5.41, 5.74) is 0. The molecule has 0 nitrogen and oxygen atoms in total. The maximum atomic E-state index is 4.03. The van der Waals surface area contributed by atoms with Crippen LogP contribution in [0.25, 0.3) is 0 Å². The molecule has 0 aliphatic carbocycles. The van der Waals surface area contributed by atoms with Crippen molar-refractivity contribution in [3.63, 3.8) is 0 Å². The minimum atomic E-state index is 0.745. The van der Waals surface area contributed by atoms with Gasteiger partial charge in [0.05, 0.1) is 0 Å². The zero-order chi connectivity index (χ0) is 11.0. The number of hydrogen-bond acceptors (Lipinski definition) is 0. The molecule has 0 amide bonds. The van der Waals surface area contributed by atoms with Gasteiger partial charge < -0.3 is 0 Å². The fourth-order valence-corrected chi connectivity index (χ4v) is 2.64. The van der Waals surface area contributed by atoms with E-state index < -0.39 is 0 Å². The Hall–Kier alpha value is -0.260. The molecule has 0 aliphatic heterocycles. The highest BCUT2D eigenvalue weighted by atomic mass is 14.3. The van der Waals surface area contributed by atoms with Crippen molar-refractivity contribution in [1.82, 2.24) is 0 Å². The summed E-state index contributed by atoms with van der Waals surface area (Å²) < 4.78 is 0. The Bertz CT molecular complexity index is 133. The average molecular weight is 196 g/mol. The molecule has 0 radical (unpaired) electrons. The van der Waals surface area contributed by atoms with Gasteiger partial charge in [-0.25, -0.2) is 0 Å². The molecule has 0 spiro atoms. The Balaban J connectivity index is 4.39. The average Bonchev–Trinajstić information content (AvgIpc) is 2.23. The van der Waals surface area contributed by atoms with Crippen LogP contribution in [0.5, 0.6) is 0 Å². The Morgan fingerprint density at radius 3 is 1.71 bits per heavy atom. The number of allylic oxidation sites excluding steroid dienone is 1. The van der Waals surface area contributed by atoms with Crippen LogP contribution in [-0.4, -0.2) is 0 Å². The molecule has 0 fully saturated rings. The van der Waals surface area contributed by atoms with Gasteiger partial charge in [-0.05, 0) is 17.8 Å². The van der Waals surface area contributed by atoms with E-state index in [0.29, 0.717) is 0 Å². The van der Waals surface area contributed by atoms with E-state index in [-0.39, 0.29) is 0 Å². The minimum Gasteiger partial charge on any atom is -0.103 e. The molecular formula is C14H28. The summed E-state index contributed by atoms with van der Waals surface area (Å²) in [6.45, 7) is 13.3. The first-order chi connectivity index (χ1) is 6.74.